The second kappa shape index (κ2) is 2.49. The summed E-state index contributed by atoms with van der Waals surface area (Å²) in [5, 5.41) is 1.80. The number of halogens is 1. The van der Waals surface area contributed by atoms with Gasteiger partial charge in [0.1, 0.15) is 5.65 Å². The van der Waals surface area contributed by atoms with E-state index in [2.05, 4.69) is 9.97 Å². The summed E-state index contributed by atoms with van der Waals surface area (Å²) in [7, 11) is 0. The zero-order valence-electron chi connectivity index (χ0n) is 6.98. The van der Waals surface area contributed by atoms with Gasteiger partial charge in [-0.25, -0.2) is 4.98 Å². The van der Waals surface area contributed by atoms with Gasteiger partial charge in [0.15, 0.2) is 0 Å². The molecule has 0 bridgehead atoms. The molecule has 1 N–H and O–H groups in total. The molecule has 0 aliphatic rings. The van der Waals surface area contributed by atoms with E-state index >= 15 is 0 Å². The van der Waals surface area contributed by atoms with Crippen molar-refractivity contribution in [3.63, 3.8) is 0 Å². The van der Waals surface area contributed by atoms with Gasteiger partial charge in [0.05, 0.1) is 5.02 Å². The number of fused-ring (bicyclic) bond motifs is 1. The first kappa shape index (κ1) is 7.62. The molecule has 2 rings (SSSR count). The number of nitrogens with zero attached hydrogens (tertiary/aromatic N) is 1. The lowest BCUT2D eigenvalue weighted by molar-refractivity contribution is 1.22. The highest BCUT2D eigenvalue weighted by atomic mass is 35.5. The largest absolute Gasteiger partial charge is 0.346 e. The van der Waals surface area contributed by atoms with Crippen LogP contribution in [0.15, 0.2) is 12.3 Å². The molecule has 2 heterocycles. The fraction of sp³-hybridized carbons (Fsp3) is 0.222. The highest BCUT2D eigenvalue weighted by Gasteiger charge is 2.05. The molecule has 0 aromatic carbocycles. The molecule has 2 nitrogen and oxygen atoms in total. The highest BCUT2D eigenvalue weighted by molar-refractivity contribution is 6.35. The van der Waals surface area contributed by atoms with Gasteiger partial charge >= 0.3 is 0 Å². The van der Waals surface area contributed by atoms with E-state index in [1.165, 1.54) is 0 Å². The topological polar surface area (TPSA) is 28.7 Å². The maximum Gasteiger partial charge on any atom is 0.139 e. The number of H-pyrrole nitrogens is 1. The van der Waals surface area contributed by atoms with Crippen LogP contribution in [0.25, 0.3) is 11.0 Å². The summed E-state index contributed by atoms with van der Waals surface area (Å²) in [6.45, 7) is 3.95. The highest BCUT2D eigenvalue weighted by Crippen LogP contribution is 2.25. The van der Waals surface area contributed by atoms with Gasteiger partial charge in [0, 0.05) is 17.3 Å². The maximum absolute atomic E-state index is 6.05. The summed E-state index contributed by atoms with van der Waals surface area (Å²) in [4.78, 5) is 7.39. The van der Waals surface area contributed by atoms with Crippen LogP contribution in [0.5, 0.6) is 0 Å². The van der Waals surface area contributed by atoms with E-state index in [0.717, 1.165) is 27.3 Å². The Hall–Kier alpha value is -1.02. The van der Waals surface area contributed by atoms with Gasteiger partial charge < -0.3 is 4.98 Å². The summed E-state index contributed by atoms with van der Waals surface area (Å²) in [5.41, 5.74) is 2.95. The number of pyridine rings is 1. The van der Waals surface area contributed by atoms with E-state index in [4.69, 9.17) is 11.6 Å². The summed E-state index contributed by atoms with van der Waals surface area (Å²) in [6, 6.07) is 1.88. The molecule has 0 aliphatic heterocycles. The van der Waals surface area contributed by atoms with Crippen LogP contribution in [0.3, 0.4) is 0 Å². The number of hydrogen-bond donors (Lipinski definition) is 1. The number of aromatic amines is 1. The average Bonchev–Trinajstić information content (AvgIpc) is 2.31. The van der Waals surface area contributed by atoms with Crippen molar-refractivity contribution in [2.24, 2.45) is 0 Å². The number of rotatable bonds is 0. The number of nitrogens with one attached hydrogen (secondary N) is 1. The predicted molar refractivity (Wildman–Crippen MR) is 50.6 cm³/mol. The second-order valence-corrected chi connectivity index (χ2v) is 3.35. The van der Waals surface area contributed by atoms with Crippen molar-refractivity contribution in [2.45, 2.75) is 13.8 Å². The van der Waals surface area contributed by atoms with Crippen molar-refractivity contribution in [3.05, 3.63) is 28.5 Å². The quantitative estimate of drug-likeness (QED) is 0.664. The van der Waals surface area contributed by atoms with Gasteiger partial charge in [-0.1, -0.05) is 11.6 Å². The molecular formula is C9H9ClN2. The summed E-state index contributed by atoms with van der Waals surface area (Å²) in [5.74, 6) is 0. The fourth-order valence-corrected chi connectivity index (χ4v) is 1.76. The molecular weight excluding hydrogens is 172 g/mol. The van der Waals surface area contributed by atoms with Crippen LogP contribution >= 0.6 is 11.6 Å². The van der Waals surface area contributed by atoms with Gasteiger partial charge in [-0.15, -0.1) is 0 Å². The van der Waals surface area contributed by atoms with Crippen molar-refractivity contribution >= 4 is 22.6 Å². The van der Waals surface area contributed by atoms with E-state index in [9.17, 15) is 0 Å². The van der Waals surface area contributed by atoms with Crippen molar-refractivity contribution < 1.29 is 0 Å². The zero-order valence-corrected chi connectivity index (χ0v) is 7.74. The normalized spacial score (nSPS) is 10.9. The third-order valence-electron chi connectivity index (χ3n) is 1.92. The summed E-state index contributed by atoms with van der Waals surface area (Å²) < 4.78 is 0. The standard InChI is InChI=1S/C9H9ClN2/c1-5-4-11-9-8(5)7(10)3-6(2)12-9/h3-4H,1-2H3,(H,11,12). The minimum atomic E-state index is 0.774. The first-order valence-corrected chi connectivity index (χ1v) is 4.17. The van der Waals surface area contributed by atoms with Crippen LogP contribution in [-0.2, 0) is 0 Å². The molecule has 0 spiro atoms. The molecule has 0 fully saturated rings. The molecule has 62 valence electrons. The third-order valence-corrected chi connectivity index (χ3v) is 2.22. The van der Waals surface area contributed by atoms with Crippen molar-refractivity contribution in [1.29, 1.82) is 0 Å². The minimum Gasteiger partial charge on any atom is -0.346 e. The Bertz CT molecular complexity index is 431. The van der Waals surface area contributed by atoms with Crippen molar-refractivity contribution in [1.82, 2.24) is 9.97 Å². The Labute approximate surface area is 75.6 Å². The molecule has 0 radical (unpaired) electrons. The molecule has 2 aromatic heterocycles. The Morgan fingerprint density at radius 3 is 2.92 bits per heavy atom. The average molecular weight is 181 g/mol. The lowest BCUT2D eigenvalue weighted by Crippen LogP contribution is -1.82. The van der Waals surface area contributed by atoms with E-state index < -0.39 is 0 Å². The Morgan fingerprint density at radius 2 is 2.17 bits per heavy atom. The zero-order chi connectivity index (χ0) is 8.72. The van der Waals surface area contributed by atoms with E-state index in [0.29, 0.717) is 0 Å². The van der Waals surface area contributed by atoms with Gasteiger partial charge in [0.2, 0.25) is 0 Å². The minimum absolute atomic E-state index is 0.774. The second-order valence-electron chi connectivity index (χ2n) is 2.94. The van der Waals surface area contributed by atoms with E-state index in [-0.39, 0.29) is 0 Å². The summed E-state index contributed by atoms with van der Waals surface area (Å²) >= 11 is 6.05. The number of aryl methyl sites for hydroxylation is 2. The van der Waals surface area contributed by atoms with Crippen LogP contribution in [-0.4, -0.2) is 9.97 Å². The van der Waals surface area contributed by atoms with Gasteiger partial charge in [-0.2, -0.15) is 0 Å². The van der Waals surface area contributed by atoms with Gasteiger partial charge in [-0.3, -0.25) is 0 Å². The predicted octanol–water partition coefficient (Wildman–Crippen LogP) is 2.83. The molecule has 0 atom stereocenters. The van der Waals surface area contributed by atoms with E-state index in [1.54, 1.807) is 0 Å². The number of hydrogen-bond acceptors (Lipinski definition) is 1. The first-order chi connectivity index (χ1) is 5.68. The molecule has 0 saturated heterocycles. The third kappa shape index (κ3) is 0.994. The molecule has 0 amide bonds. The first-order valence-electron chi connectivity index (χ1n) is 3.79. The Morgan fingerprint density at radius 1 is 1.42 bits per heavy atom. The van der Waals surface area contributed by atoms with Crippen LogP contribution in [0.1, 0.15) is 11.3 Å². The fourth-order valence-electron chi connectivity index (χ4n) is 1.36. The number of aromatic nitrogens is 2. The van der Waals surface area contributed by atoms with Crippen LogP contribution in [0, 0.1) is 13.8 Å². The van der Waals surface area contributed by atoms with E-state index in [1.807, 2.05) is 26.1 Å². The van der Waals surface area contributed by atoms with Gasteiger partial charge in [-0.05, 0) is 25.5 Å². The molecule has 0 aliphatic carbocycles. The molecule has 3 heteroatoms. The van der Waals surface area contributed by atoms with Crippen LogP contribution in [0.4, 0.5) is 0 Å². The molecule has 2 aromatic rings. The lowest BCUT2D eigenvalue weighted by Gasteiger charge is -1.96. The summed E-state index contributed by atoms with van der Waals surface area (Å²) in [6.07, 6.45) is 1.92. The molecule has 0 saturated carbocycles. The van der Waals surface area contributed by atoms with Crippen LogP contribution < -0.4 is 0 Å². The lowest BCUT2D eigenvalue weighted by atomic mass is 10.2. The molecule has 12 heavy (non-hydrogen) atoms. The van der Waals surface area contributed by atoms with Gasteiger partial charge in [0.25, 0.3) is 0 Å². The SMILES string of the molecule is Cc1cc(Cl)c2c(C)c[nH]c2n1. The Balaban J connectivity index is 2.93. The smallest absolute Gasteiger partial charge is 0.139 e. The maximum atomic E-state index is 6.05. The Kier molecular flexibility index (Phi) is 1.58. The van der Waals surface area contributed by atoms with Crippen LogP contribution in [0.2, 0.25) is 5.02 Å². The van der Waals surface area contributed by atoms with Crippen molar-refractivity contribution in [3.8, 4) is 0 Å². The van der Waals surface area contributed by atoms with Crippen molar-refractivity contribution in [2.75, 3.05) is 0 Å². The monoisotopic (exact) mass is 180 g/mol. The molecule has 0 unspecified atom stereocenters.